The van der Waals surface area contributed by atoms with Crippen molar-refractivity contribution >= 4 is 11.6 Å². The molecule has 1 aromatic heterocycles. The zero-order chi connectivity index (χ0) is 13.1. The van der Waals surface area contributed by atoms with Crippen LogP contribution in [0.4, 0.5) is 24.8 Å². The van der Waals surface area contributed by atoms with Gasteiger partial charge in [-0.3, -0.25) is 0 Å². The Kier molecular flexibility index (Phi) is 4.20. The van der Waals surface area contributed by atoms with Crippen LogP contribution in [0.1, 0.15) is 26.3 Å². The zero-order valence-electron chi connectivity index (χ0n) is 10.0. The average Bonchev–Trinajstić information content (AvgIpc) is 2.15. The number of rotatable bonds is 4. The number of anilines is 2. The molecular formula is C11H16F3N3. The SMILES string of the molecule is CCNc1cc(C(F)(F)F)cc(NC(C)C)n1. The summed E-state index contributed by atoms with van der Waals surface area (Å²) in [6, 6.07) is 2.05. The van der Waals surface area contributed by atoms with Gasteiger partial charge in [-0.25, -0.2) is 4.98 Å². The molecule has 2 N–H and O–H groups in total. The van der Waals surface area contributed by atoms with Gasteiger partial charge in [0.2, 0.25) is 0 Å². The molecule has 17 heavy (non-hydrogen) atoms. The second-order valence-electron chi connectivity index (χ2n) is 3.95. The number of alkyl halides is 3. The molecule has 1 aromatic rings. The van der Waals surface area contributed by atoms with E-state index in [0.29, 0.717) is 6.54 Å². The van der Waals surface area contributed by atoms with Gasteiger partial charge in [0.1, 0.15) is 11.6 Å². The summed E-state index contributed by atoms with van der Waals surface area (Å²) >= 11 is 0. The number of halogens is 3. The molecule has 1 rings (SSSR count). The quantitative estimate of drug-likeness (QED) is 0.856. The zero-order valence-corrected chi connectivity index (χ0v) is 10.0. The second kappa shape index (κ2) is 5.25. The summed E-state index contributed by atoms with van der Waals surface area (Å²) in [6.45, 7) is 6.01. The molecule has 6 heteroatoms. The first kappa shape index (κ1) is 13.6. The van der Waals surface area contributed by atoms with Crippen molar-refractivity contribution in [1.82, 2.24) is 4.98 Å². The van der Waals surface area contributed by atoms with E-state index in [1.807, 2.05) is 13.8 Å². The standard InChI is InChI=1S/C11H16F3N3/c1-4-15-9-5-8(11(12,13)14)6-10(17-9)16-7(2)3/h5-7H,4H2,1-3H3,(H2,15,16,17). The Bertz CT molecular complexity index is 375. The summed E-state index contributed by atoms with van der Waals surface area (Å²) in [6.07, 6.45) is -4.36. The van der Waals surface area contributed by atoms with Crippen molar-refractivity contribution in [2.45, 2.75) is 33.0 Å². The Morgan fingerprint density at radius 2 is 1.82 bits per heavy atom. The van der Waals surface area contributed by atoms with Gasteiger partial charge in [0.05, 0.1) is 5.56 Å². The lowest BCUT2D eigenvalue weighted by Crippen LogP contribution is -2.14. The highest BCUT2D eigenvalue weighted by Crippen LogP contribution is 2.32. The molecule has 0 aliphatic heterocycles. The van der Waals surface area contributed by atoms with Crippen molar-refractivity contribution in [3.05, 3.63) is 17.7 Å². The van der Waals surface area contributed by atoms with Crippen LogP contribution < -0.4 is 10.6 Å². The van der Waals surface area contributed by atoms with Gasteiger partial charge in [-0.2, -0.15) is 13.2 Å². The molecule has 0 bridgehead atoms. The first-order valence-corrected chi connectivity index (χ1v) is 5.42. The van der Waals surface area contributed by atoms with Crippen molar-refractivity contribution < 1.29 is 13.2 Å². The maximum absolute atomic E-state index is 12.6. The minimum Gasteiger partial charge on any atom is -0.370 e. The predicted octanol–water partition coefficient (Wildman–Crippen LogP) is 3.35. The van der Waals surface area contributed by atoms with E-state index in [1.165, 1.54) is 0 Å². The van der Waals surface area contributed by atoms with Gasteiger partial charge in [-0.15, -0.1) is 0 Å². The van der Waals surface area contributed by atoms with Crippen LogP contribution in [0.3, 0.4) is 0 Å². The summed E-state index contributed by atoms with van der Waals surface area (Å²) in [4.78, 5) is 4.05. The minimum atomic E-state index is -4.36. The molecule has 0 aliphatic rings. The second-order valence-corrected chi connectivity index (χ2v) is 3.95. The van der Waals surface area contributed by atoms with Crippen LogP contribution in [0.5, 0.6) is 0 Å². The van der Waals surface area contributed by atoms with Gasteiger partial charge in [0.25, 0.3) is 0 Å². The van der Waals surface area contributed by atoms with Crippen molar-refractivity contribution in [3.8, 4) is 0 Å². The van der Waals surface area contributed by atoms with Crippen molar-refractivity contribution in [3.63, 3.8) is 0 Å². The topological polar surface area (TPSA) is 37.0 Å². The lowest BCUT2D eigenvalue weighted by Gasteiger charge is -2.14. The number of pyridine rings is 1. The molecule has 3 nitrogen and oxygen atoms in total. The lowest BCUT2D eigenvalue weighted by molar-refractivity contribution is -0.137. The molecule has 0 fully saturated rings. The summed E-state index contributed by atoms with van der Waals surface area (Å²) in [5, 5.41) is 5.65. The predicted molar refractivity (Wildman–Crippen MR) is 62.2 cm³/mol. The van der Waals surface area contributed by atoms with Crippen molar-refractivity contribution in [2.75, 3.05) is 17.2 Å². The molecule has 96 valence electrons. The Balaban J connectivity index is 3.09. The third-order valence-electron chi connectivity index (χ3n) is 1.95. The minimum absolute atomic E-state index is 0.0282. The molecule has 0 aliphatic carbocycles. The lowest BCUT2D eigenvalue weighted by atomic mass is 10.2. The smallest absolute Gasteiger partial charge is 0.370 e. The van der Waals surface area contributed by atoms with Gasteiger partial charge >= 0.3 is 6.18 Å². The summed E-state index contributed by atoms with van der Waals surface area (Å²) in [5.74, 6) is 0.455. The van der Waals surface area contributed by atoms with Crippen LogP contribution in [0.15, 0.2) is 12.1 Å². The molecule has 1 heterocycles. The molecule has 0 saturated carbocycles. The van der Waals surface area contributed by atoms with Gasteiger partial charge in [-0.05, 0) is 32.9 Å². The normalized spacial score (nSPS) is 11.7. The Hall–Kier alpha value is -1.46. The number of hydrogen-bond donors (Lipinski definition) is 2. The number of nitrogens with zero attached hydrogens (tertiary/aromatic N) is 1. The molecule has 0 amide bonds. The first-order valence-electron chi connectivity index (χ1n) is 5.42. The van der Waals surface area contributed by atoms with Crippen LogP contribution in [0, 0.1) is 0 Å². The molecule has 0 saturated heterocycles. The molecule has 0 radical (unpaired) electrons. The fourth-order valence-corrected chi connectivity index (χ4v) is 1.34. The van der Waals surface area contributed by atoms with Crippen LogP contribution >= 0.6 is 0 Å². The fourth-order valence-electron chi connectivity index (χ4n) is 1.34. The summed E-state index contributed by atoms with van der Waals surface area (Å²) in [7, 11) is 0. The van der Waals surface area contributed by atoms with Crippen LogP contribution in [0.2, 0.25) is 0 Å². The Labute approximate surface area is 98.4 Å². The molecule has 0 aromatic carbocycles. The summed E-state index contributed by atoms with van der Waals surface area (Å²) < 4.78 is 37.9. The van der Waals surface area contributed by atoms with E-state index in [0.717, 1.165) is 12.1 Å². The molecular weight excluding hydrogens is 231 g/mol. The van der Waals surface area contributed by atoms with E-state index in [9.17, 15) is 13.2 Å². The largest absolute Gasteiger partial charge is 0.416 e. The average molecular weight is 247 g/mol. The number of nitrogens with one attached hydrogen (secondary N) is 2. The van der Waals surface area contributed by atoms with Crippen molar-refractivity contribution in [2.24, 2.45) is 0 Å². The van der Waals surface area contributed by atoms with Gasteiger partial charge in [-0.1, -0.05) is 0 Å². The molecule has 0 unspecified atom stereocenters. The van der Waals surface area contributed by atoms with Gasteiger partial charge < -0.3 is 10.6 Å². The van der Waals surface area contributed by atoms with E-state index in [2.05, 4.69) is 15.6 Å². The number of aromatic nitrogens is 1. The fraction of sp³-hybridized carbons (Fsp3) is 0.545. The van der Waals surface area contributed by atoms with Crippen LogP contribution in [-0.2, 0) is 6.18 Å². The maximum atomic E-state index is 12.6. The number of hydrogen-bond acceptors (Lipinski definition) is 3. The van der Waals surface area contributed by atoms with E-state index in [4.69, 9.17) is 0 Å². The maximum Gasteiger partial charge on any atom is 0.416 e. The van der Waals surface area contributed by atoms with E-state index >= 15 is 0 Å². The highest BCUT2D eigenvalue weighted by Gasteiger charge is 2.31. The van der Waals surface area contributed by atoms with Gasteiger partial charge in [0, 0.05) is 12.6 Å². The summed E-state index contributed by atoms with van der Waals surface area (Å²) in [5.41, 5.74) is -0.702. The highest BCUT2D eigenvalue weighted by atomic mass is 19.4. The highest BCUT2D eigenvalue weighted by molar-refractivity contribution is 5.50. The Morgan fingerprint density at radius 3 is 2.29 bits per heavy atom. The van der Waals surface area contributed by atoms with E-state index in [1.54, 1.807) is 6.92 Å². The Morgan fingerprint density at radius 1 is 1.24 bits per heavy atom. The first-order chi connectivity index (χ1) is 7.82. The van der Waals surface area contributed by atoms with E-state index in [-0.39, 0.29) is 17.7 Å². The van der Waals surface area contributed by atoms with E-state index < -0.39 is 11.7 Å². The third-order valence-corrected chi connectivity index (χ3v) is 1.95. The monoisotopic (exact) mass is 247 g/mol. The van der Waals surface area contributed by atoms with Crippen LogP contribution in [-0.4, -0.2) is 17.6 Å². The van der Waals surface area contributed by atoms with Gasteiger partial charge in [0.15, 0.2) is 0 Å². The third kappa shape index (κ3) is 4.13. The molecule has 0 atom stereocenters. The van der Waals surface area contributed by atoms with Crippen LogP contribution in [0.25, 0.3) is 0 Å². The van der Waals surface area contributed by atoms with Crippen molar-refractivity contribution in [1.29, 1.82) is 0 Å². The molecule has 0 spiro atoms.